The molecule has 1 saturated heterocycles. The highest BCUT2D eigenvalue weighted by Crippen LogP contribution is 2.17. The number of carbonyl (C=O) groups excluding carboxylic acids is 2. The van der Waals surface area contributed by atoms with E-state index < -0.39 is 0 Å². The number of rotatable bonds is 5. The first kappa shape index (κ1) is 17.8. The van der Waals surface area contributed by atoms with Gasteiger partial charge in [0.25, 0.3) is 11.8 Å². The van der Waals surface area contributed by atoms with Crippen molar-refractivity contribution < 1.29 is 23.8 Å². The van der Waals surface area contributed by atoms with Crippen molar-refractivity contribution in [2.45, 2.75) is 6.10 Å². The first-order valence-corrected chi connectivity index (χ1v) is 9.11. The molecular formula is C17H20N2O5S. The van der Waals surface area contributed by atoms with Gasteiger partial charge in [-0.05, 0) is 24.3 Å². The Balaban J connectivity index is 1.49. The standard InChI is InChI=1S/C17H20N2O5S/c20-16(18-9-14-10-22-5-6-23-14)12-1-3-13(4-2-12)19-17(21)15-11-25-8-7-24-15/h1-4,11,14H,5-10H2,(H,18,20)(H,19,21)/t14-/m0/s1. The van der Waals surface area contributed by atoms with Crippen LogP contribution in [0.3, 0.4) is 0 Å². The van der Waals surface area contributed by atoms with E-state index in [1.807, 2.05) is 0 Å². The summed E-state index contributed by atoms with van der Waals surface area (Å²) in [6.45, 7) is 2.56. The van der Waals surface area contributed by atoms with Gasteiger partial charge in [0, 0.05) is 29.0 Å². The number of amides is 2. The average Bonchev–Trinajstić information content (AvgIpc) is 2.68. The quantitative estimate of drug-likeness (QED) is 0.821. The summed E-state index contributed by atoms with van der Waals surface area (Å²) in [5.41, 5.74) is 1.11. The maximum Gasteiger partial charge on any atom is 0.291 e. The summed E-state index contributed by atoms with van der Waals surface area (Å²) >= 11 is 1.55. The van der Waals surface area contributed by atoms with Crippen molar-refractivity contribution in [3.05, 3.63) is 41.0 Å². The number of benzene rings is 1. The molecule has 7 nitrogen and oxygen atoms in total. The monoisotopic (exact) mass is 364 g/mol. The van der Waals surface area contributed by atoms with Crippen LogP contribution in [0.1, 0.15) is 10.4 Å². The number of thioether (sulfide) groups is 1. The predicted molar refractivity (Wildman–Crippen MR) is 94.5 cm³/mol. The van der Waals surface area contributed by atoms with E-state index in [1.54, 1.807) is 41.4 Å². The van der Waals surface area contributed by atoms with Gasteiger partial charge in [0.15, 0.2) is 5.76 Å². The second-order valence-electron chi connectivity index (χ2n) is 5.51. The van der Waals surface area contributed by atoms with Gasteiger partial charge in [-0.1, -0.05) is 0 Å². The van der Waals surface area contributed by atoms with Gasteiger partial charge in [0.2, 0.25) is 0 Å². The lowest BCUT2D eigenvalue weighted by Crippen LogP contribution is -2.39. The highest BCUT2D eigenvalue weighted by molar-refractivity contribution is 8.02. The van der Waals surface area contributed by atoms with Crippen LogP contribution in [0, 0.1) is 0 Å². The normalized spacial score (nSPS) is 20.2. The highest BCUT2D eigenvalue weighted by atomic mass is 32.2. The minimum Gasteiger partial charge on any atom is -0.487 e. The zero-order chi connectivity index (χ0) is 17.5. The van der Waals surface area contributed by atoms with E-state index in [9.17, 15) is 9.59 Å². The Morgan fingerprint density at radius 2 is 1.96 bits per heavy atom. The van der Waals surface area contributed by atoms with Crippen molar-refractivity contribution >= 4 is 29.3 Å². The van der Waals surface area contributed by atoms with Gasteiger partial charge in [-0.3, -0.25) is 9.59 Å². The van der Waals surface area contributed by atoms with Crippen LogP contribution in [0.5, 0.6) is 0 Å². The fourth-order valence-electron chi connectivity index (χ4n) is 2.35. The van der Waals surface area contributed by atoms with Crippen LogP contribution in [-0.4, -0.2) is 56.6 Å². The number of nitrogens with one attached hydrogen (secondary N) is 2. The second kappa shape index (κ2) is 8.89. The van der Waals surface area contributed by atoms with Crippen molar-refractivity contribution in [3.63, 3.8) is 0 Å². The molecule has 2 aliphatic rings. The molecule has 0 saturated carbocycles. The van der Waals surface area contributed by atoms with Crippen molar-refractivity contribution in [1.29, 1.82) is 0 Å². The zero-order valence-corrected chi connectivity index (χ0v) is 14.5. The number of anilines is 1. The van der Waals surface area contributed by atoms with Crippen LogP contribution in [0.4, 0.5) is 5.69 Å². The largest absolute Gasteiger partial charge is 0.487 e. The number of hydrogen-bond acceptors (Lipinski definition) is 6. The summed E-state index contributed by atoms with van der Waals surface area (Å²) in [4.78, 5) is 24.2. The molecule has 1 aromatic carbocycles. The van der Waals surface area contributed by atoms with Gasteiger partial charge in [0.1, 0.15) is 0 Å². The Kier molecular flexibility index (Phi) is 6.32. The minimum absolute atomic E-state index is 0.113. The van der Waals surface area contributed by atoms with Crippen LogP contribution in [-0.2, 0) is 19.0 Å². The fraction of sp³-hybridized carbons (Fsp3) is 0.412. The Morgan fingerprint density at radius 3 is 2.64 bits per heavy atom. The molecule has 8 heteroatoms. The molecule has 2 aliphatic heterocycles. The first-order valence-electron chi connectivity index (χ1n) is 8.06. The van der Waals surface area contributed by atoms with E-state index in [2.05, 4.69) is 10.6 Å². The van der Waals surface area contributed by atoms with Crippen LogP contribution < -0.4 is 10.6 Å². The van der Waals surface area contributed by atoms with Crippen molar-refractivity contribution in [2.75, 3.05) is 44.0 Å². The molecule has 134 valence electrons. The summed E-state index contributed by atoms with van der Waals surface area (Å²) in [6, 6.07) is 6.69. The molecule has 1 atom stereocenters. The third-order valence-electron chi connectivity index (χ3n) is 3.65. The molecule has 1 aromatic rings. The molecule has 0 aromatic heterocycles. The van der Waals surface area contributed by atoms with Gasteiger partial charge < -0.3 is 24.8 Å². The van der Waals surface area contributed by atoms with Gasteiger partial charge in [-0.25, -0.2) is 0 Å². The third-order valence-corrected chi connectivity index (χ3v) is 4.44. The highest BCUT2D eigenvalue weighted by Gasteiger charge is 2.17. The Bertz CT molecular complexity index is 641. The zero-order valence-electron chi connectivity index (χ0n) is 13.7. The Morgan fingerprint density at radius 1 is 1.12 bits per heavy atom. The smallest absolute Gasteiger partial charge is 0.291 e. The van der Waals surface area contributed by atoms with Crippen molar-refractivity contribution in [1.82, 2.24) is 5.32 Å². The lowest BCUT2D eigenvalue weighted by Gasteiger charge is -2.23. The Hall–Kier alpha value is -2.03. The topological polar surface area (TPSA) is 85.9 Å². The molecule has 1 fully saturated rings. The van der Waals surface area contributed by atoms with Crippen molar-refractivity contribution in [2.24, 2.45) is 0 Å². The van der Waals surface area contributed by atoms with Crippen LogP contribution in [0.2, 0.25) is 0 Å². The SMILES string of the molecule is O=C(Nc1ccc(C(=O)NC[C@H]2COCCO2)cc1)C1=CSCCO1. The Labute approximate surface area is 150 Å². The molecule has 0 spiro atoms. The van der Waals surface area contributed by atoms with E-state index in [0.717, 1.165) is 5.75 Å². The molecule has 0 aliphatic carbocycles. The van der Waals surface area contributed by atoms with E-state index in [4.69, 9.17) is 14.2 Å². The van der Waals surface area contributed by atoms with Crippen LogP contribution in [0.15, 0.2) is 35.4 Å². The molecule has 2 amide bonds. The van der Waals surface area contributed by atoms with Crippen LogP contribution >= 0.6 is 11.8 Å². The van der Waals surface area contributed by atoms with Gasteiger partial charge in [0.05, 0.1) is 32.5 Å². The van der Waals surface area contributed by atoms with Gasteiger partial charge >= 0.3 is 0 Å². The molecule has 25 heavy (non-hydrogen) atoms. The maximum atomic E-state index is 12.1. The van der Waals surface area contributed by atoms with Gasteiger partial charge in [-0.15, -0.1) is 11.8 Å². The molecule has 0 unspecified atom stereocenters. The number of ether oxygens (including phenoxy) is 3. The summed E-state index contributed by atoms with van der Waals surface area (Å²) in [7, 11) is 0. The lowest BCUT2D eigenvalue weighted by atomic mass is 10.2. The number of carbonyl (C=O) groups is 2. The van der Waals surface area contributed by atoms with E-state index >= 15 is 0 Å². The average molecular weight is 364 g/mol. The molecule has 2 heterocycles. The second-order valence-corrected chi connectivity index (χ2v) is 6.49. The molecule has 0 radical (unpaired) electrons. The predicted octanol–water partition coefficient (Wildman–Crippen LogP) is 1.38. The van der Waals surface area contributed by atoms with E-state index in [-0.39, 0.29) is 17.9 Å². The van der Waals surface area contributed by atoms with E-state index in [0.29, 0.717) is 50.0 Å². The van der Waals surface area contributed by atoms with Gasteiger partial charge in [-0.2, -0.15) is 0 Å². The van der Waals surface area contributed by atoms with Crippen LogP contribution in [0.25, 0.3) is 0 Å². The molecular weight excluding hydrogens is 344 g/mol. The third kappa shape index (κ3) is 5.22. The molecule has 2 N–H and O–H groups in total. The summed E-state index contributed by atoms with van der Waals surface area (Å²) in [5.74, 6) is 0.673. The molecule has 0 bridgehead atoms. The maximum absolute atomic E-state index is 12.1. The minimum atomic E-state index is -0.293. The summed E-state index contributed by atoms with van der Waals surface area (Å²) in [5, 5.41) is 7.27. The number of hydrogen-bond donors (Lipinski definition) is 2. The van der Waals surface area contributed by atoms with E-state index in [1.165, 1.54) is 0 Å². The fourth-order valence-corrected chi connectivity index (χ4v) is 2.97. The summed E-state index contributed by atoms with van der Waals surface area (Å²) in [6.07, 6.45) is -0.113. The molecule has 3 rings (SSSR count). The summed E-state index contributed by atoms with van der Waals surface area (Å²) < 4.78 is 16.1. The lowest BCUT2D eigenvalue weighted by molar-refractivity contribution is -0.116. The first-order chi connectivity index (χ1) is 12.2. The van der Waals surface area contributed by atoms with Crippen molar-refractivity contribution in [3.8, 4) is 0 Å².